The summed E-state index contributed by atoms with van der Waals surface area (Å²) in [6.45, 7) is 4.50. The fraction of sp³-hybridized carbons (Fsp3) is 0.611. The van der Waals surface area contributed by atoms with Gasteiger partial charge in [0, 0.05) is 30.9 Å². The standard InChI is InChI=1S/C18H25N3O3/c1-18(2)17(23)20-10-11-21(18)16(22)13-8-9-19-15(12-13)24-14-6-4-3-5-7-14/h8-9,12,14H,3-7,10-11H2,1-2H3,(H,20,23). The molecule has 0 unspecified atom stereocenters. The summed E-state index contributed by atoms with van der Waals surface area (Å²) in [5.74, 6) is 0.201. The minimum Gasteiger partial charge on any atom is -0.474 e. The average Bonchev–Trinajstić information content (AvgIpc) is 2.58. The van der Waals surface area contributed by atoms with E-state index < -0.39 is 5.54 Å². The fourth-order valence-corrected chi connectivity index (χ4v) is 3.37. The molecule has 2 heterocycles. The number of amides is 2. The molecule has 2 fully saturated rings. The molecule has 1 aliphatic heterocycles. The van der Waals surface area contributed by atoms with E-state index in [0.717, 1.165) is 12.8 Å². The van der Waals surface area contributed by atoms with E-state index in [1.165, 1.54) is 19.3 Å². The Morgan fingerprint density at radius 2 is 2.08 bits per heavy atom. The van der Waals surface area contributed by atoms with Crippen molar-refractivity contribution in [1.82, 2.24) is 15.2 Å². The molecule has 0 atom stereocenters. The number of nitrogens with zero attached hydrogens (tertiary/aromatic N) is 2. The van der Waals surface area contributed by atoms with Gasteiger partial charge in [-0.25, -0.2) is 4.98 Å². The van der Waals surface area contributed by atoms with Gasteiger partial charge in [-0.3, -0.25) is 9.59 Å². The van der Waals surface area contributed by atoms with Gasteiger partial charge in [-0.2, -0.15) is 0 Å². The number of rotatable bonds is 3. The van der Waals surface area contributed by atoms with Crippen LogP contribution >= 0.6 is 0 Å². The number of pyridine rings is 1. The maximum atomic E-state index is 12.9. The Labute approximate surface area is 142 Å². The van der Waals surface area contributed by atoms with Crippen LogP contribution in [-0.4, -0.2) is 46.4 Å². The van der Waals surface area contributed by atoms with Gasteiger partial charge in [0.1, 0.15) is 11.6 Å². The van der Waals surface area contributed by atoms with E-state index in [-0.39, 0.29) is 17.9 Å². The number of hydrogen-bond acceptors (Lipinski definition) is 4. The molecule has 1 aromatic heterocycles. The van der Waals surface area contributed by atoms with E-state index in [1.807, 2.05) is 0 Å². The Balaban J connectivity index is 1.75. The number of hydrogen-bond donors (Lipinski definition) is 1. The van der Waals surface area contributed by atoms with Crippen LogP contribution in [0, 0.1) is 0 Å². The quantitative estimate of drug-likeness (QED) is 0.921. The maximum absolute atomic E-state index is 12.9. The summed E-state index contributed by atoms with van der Waals surface area (Å²) in [5.41, 5.74) is -0.346. The Hall–Kier alpha value is -2.11. The summed E-state index contributed by atoms with van der Waals surface area (Å²) < 4.78 is 5.95. The average molecular weight is 331 g/mol. The first-order valence-electron chi connectivity index (χ1n) is 8.71. The van der Waals surface area contributed by atoms with Gasteiger partial charge in [-0.1, -0.05) is 6.42 Å². The summed E-state index contributed by atoms with van der Waals surface area (Å²) in [4.78, 5) is 30.8. The Morgan fingerprint density at radius 3 is 2.83 bits per heavy atom. The molecule has 0 spiro atoms. The lowest BCUT2D eigenvalue weighted by atomic mass is 9.97. The minimum atomic E-state index is -0.858. The number of carbonyl (C=O) groups excluding carboxylic acids is 2. The molecule has 1 saturated carbocycles. The van der Waals surface area contributed by atoms with Crippen LogP contribution in [0.1, 0.15) is 56.3 Å². The third-order valence-electron chi connectivity index (χ3n) is 4.92. The van der Waals surface area contributed by atoms with Crippen molar-refractivity contribution in [2.24, 2.45) is 0 Å². The summed E-state index contributed by atoms with van der Waals surface area (Å²) >= 11 is 0. The van der Waals surface area contributed by atoms with E-state index in [4.69, 9.17) is 4.74 Å². The third-order valence-corrected chi connectivity index (χ3v) is 4.92. The van der Waals surface area contributed by atoms with Crippen LogP contribution in [0.5, 0.6) is 5.88 Å². The van der Waals surface area contributed by atoms with Crippen molar-refractivity contribution in [3.05, 3.63) is 23.9 Å². The Morgan fingerprint density at radius 1 is 1.33 bits per heavy atom. The van der Waals surface area contributed by atoms with E-state index in [9.17, 15) is 9.59 Å². The van der Waals surface area contributed by atoms with Crippen molar-refractivity contribution in [3.8, 4) is 5.88 Å². The van der Waals surface area contributed by atoms with Crippen molar-refractivity contribution < 1.29 is 14.3 Å². The second kappa shape index (κ2) is 6.79. The first-order valence-corrected chi connectivity index (χ1v) is 8.71. The number of aromatic nitrogens is 1. The van der Waals surface area contributed by atoms with Crippen molar-refractivity contribution in [1.29, 1.82) is 0 Å². The molecule has 6 nitrogen and oxygen atoms in total. The second-order valence-electron chi connectivity index (χ2n) is 7.03. The van der Waals surface area contributed by atoms with Crippen molar-refractivity contribution in [2.45, 2.75) is 57.6 Å². The van der Waals surface area contributed by atoms with Gasteiger partial charge >= 0.3 is 0 Å². The first kappa shape index (κ1) is 16.7. The van der Waals surface area contributed by atoms with Crippen molar-refractivity contribution >= 4 is 11.8 Å². The van der Waals surface area contributed by atoms with Gasteiger partial charge in [0.2, 0.25) is 11.8 Å². The molecule has 2 aliphatic rings. The summed E-state index contributed by atoms with van der Waals surface area (Å²) in [5, 5.41) is 2.80. The molecular formula is C18H25N3O3. The van der Waals surface area contributed by atoms with Gasteiger partial charge in [-0.15, -0.1) is 0 Å². The minimum absolute atomic E-state index is 0.130. The molecule has 0 bridgehead atoms. The largest absolute Gasteiger partial charge is 0.474 e. The maximum Gasteiger partial charge on any atom is 0.255 e. The van der Waals surface area contributed by atoms with Crippen LogP contribution in [0.3, 0.4) is 0 Å². The van der Waals surface area contributed by atoms with Crippen LogP contribution in [0.25, 0.3) is 0 Å². The van der Waals surface area contributed by atoms with Gasteiger partial charge in [0.15, 0.2) is 0 Å². The molecule has 1 aliphatic carbocycles. The van der Waals surface area contributed by atoms with Gasteiger partial charge < -0.3 is 15.0 Å². The SMILES string of the molecule is CC1(C)C(=O)NCCN1C(=O)c1ccnc(OC2CCCCC2)c1. The lowest BCUT2D eigenvalue weighted by molar-refractivity contribution is -0.133. The molecule has 24 heavy (non-hydrogen) atoms. The van der Waals surface area contributed by atoms with E-state index in [2.05, 4.69) is 10.3 Å². The first-order chi connectivity index (χ1) is 11.5. The van der Waals surface area contributed by atoms with Crippen LogP contribution < -0.4 is 10.1 Å². The number of piperazine rings is 1. The smallest absolute Gasteiger partial charge is 0.255 e. The molecule has 1 N–H and O–H groups in total. The molecule has 1 aromatic rings. The highest BCUT2D eigenvalue weighted by molar-refractivity contribution is 5.99. The monoisotopic (exact) mass is 331 g/mol. The second-order valence-corrected chi connectivity index (χ2v) is 7.03. The van der Waals surface area contributed by atoms with Gasteiger partial charge in [0.25, 0.3) is 5.91 Å². The Bertz CT molecular complexity index is 624. The van der Waals surface area contributed by atoms with Crippen molar-refractivity contribution in [2.75, 3.05) is 13.1 Å². The number of nitrogens with one attached hydrogen (secondary N) is 1. The molecular weight excluding hydrogens is 306 g/mol. The van der Waals surface area contributed by atoms with Crippen LogP contribution in [0.2, 0.25) is 0 Å². The lowest BCUT2D eigenvalue weighted by Gasteiger charge is -2.41. The predicted octanol–water partition coefficient (Wildman–Crippen LogP) is 2.14. The lowest BCUT2D eigenvalue weighted by Crippen LogP contribution is -2.63. The Kier molecular flexibility index (Phi) is 4.73. The highest BCUT2D eigenvalue weighted by Crippen LogP contribution is 2.24. The zero-order chi connectivity index (χ0) is 17.2. The van der Waals surface area contributed by atoms with Crippen LogP contribution in [0.15, 0.2) is 18.3 Å². The number of ether oxygens (including phenoxy) is 1. The van der Waals surface area contributed by atoms with E-state index in [0.29, 0.717) is 24.5 Å². The zero-order valence-corrected chi connectivity index (χ0v) is 14.4. The zero-order valence-electron chi connectivity index (χ0n) is 14.4. The molecule has 2 amide bonds. The highest BCUT2D eigenvalue weighted by Gasteiger charge is 2.40. The summed E-state index contributed by atoms with van der Waals surface area (Å²) in [6.07, 6.45) is 7.49. The number of carbonyl (C=O) groups is 2. The predicted molar refractivity (Wildman–Crippen MR) is 89.9 cm³/mol. The molecule has 6 heteroatoms. The van der Waals surface area contributed by atoms with Crippen molar-refractivity contribution in [3.63, 3.8) is 0 Å². The fourth-order valence-electron chi connectivity index (χ4n) is 3.37. The molecule has 130 valence electrons. The van der Waals surface area contributed by atoms with E-state index >= 15 is 0 Å². The van der Waals surface area contributed by atoms with E-state index in [1.54, 1.807) is 37.1 Å². The molecule has 0 aromatic carbocycles. The summed E-state index contributed by atoms with van der Waals surface area (Å²) in [6, 6.07) is 3.37. The van der Waals surface area contributed by atoms with Gasteiger partial charge in [-0.05, 0) is 45.6 Å². The summed E-state index contributed by atoms with van der Waals surface area (Å²) in [7, 11) is 0. The highest BCUT2D eigenvalue weighted by atomic mass is 16.5. The molecule has 1 saturated heterocycles. The molecule has 0 radical (unpaired) electrons. The van der Waals surface area contributed by atoms with Crippen LogP contribution in [0.4, 0.5) is 0 Å². The topological polar surface area (TPSA) is 71.5 Å². The third kappa shape index (κ3) is 3.37. The normalized spacial score (nSPS) is 21.2. The van der Waals surface area contributed by atoms with Gasteiger partial charge in [0.05, 0.1) is 0 Å². The molecule has 3 rings (SSSR count). The van der Waals surface area contributed by atoms with Crippen LogP contribution in [-0.2, 0) is 4.79 Å².